The number of rotatable bonds is 5. The third kappa shape index (κ3) is 4.37. The van der Waals surface area contributed by atoms with E-state index in [1.54, 1.807) is 25.1 Å². The van der Waals surface area contributed by atoms with E-state index >= 15 is 0 Å². The second-order valence-electron chi connectivity index (χ2n) is 3.78. The van der Waals surface area contributed by atoms with Gasteiger partial charge in [-0.1, -0.05) is 11.6 Å². The SMILES string of the molecule is CCOC(=O)/C(C)=N/Nc1cc(C(C)=O)ccc1Cl. The molecule has 1 aromatic carbocycles. The van der Waals surface area contributed by atoms with Gasteiger partial charge in [0.1, 0.15) is 5.71 Å². The number of carbonyl (C=O) groups excluding carboxylic acids is 2. The maximum Gasteiger partial charge on any atom is 0.354 e. The molecule has 0 spiro atoms. The third-order valence-electron chi connectivity index (χ3n) is 2.29. The van der Waals surface area contributed by atoms with Crippen LogP contribution in [0, 0.1) is 0 Å². The highest BCUT2D eigenvalue weighted by Crippen LogP contribution is 2.23. The molecule has 0 aromatic heterocycles. The highest BCUT2D eigenvalue weighted by atomic mass is 35.5. The summed E-state index contributed by atoms with van der Waals surface area (Å²) in [6.07, 6.45) is 0. The minimum atomic E-state index is -0.506. The number of carbonyl (C=O) groups is 2. The van der Waals surface area contributed by atoms with Crippen LogP contribution in [0.4, 0.5) is 5.69 Å². The highest BCUT2D eigenvalue weighted by molar-refractivity contribution is 6.36. The number of nitrogens with one attached hydrogen (secondary N) is 1. The molecular formula is C13H15ClN2O3. The number of esters is 1. The Kier molecular flexibility index (Phi) is 5.51. The van der Waals surface area contributed by atoms with E-state index in [2.05, 4.69) is 10.5 Å². The van der Waals surface area contributed by atoms with Crippen molar-refractivity contribution >= 4 is 34.8 Å². The lowest BCUT2D eigenvalue weighted by Crippen LogP contribution is -2.15. The van der Waals surface area contributed by atoms with Gasteiger partial charge in [0, 0.05) is 5.56 Å². The van der Waals surface area contributed by atoms with E-state index in [0.29, 0.717) is 16.3 Å². The molecule has 0 aliphatic rings. The lowest BCUT2D eigenvalue weighted by molar-refractivity contribution is -0.135. The van der Waals surface area contributed by atoms with Crippen LogP contribution in [0.2, 0.25) is 5.02 Å². The van der Waals surface area contributed by atoms with Crippen LogP contribution in [0.5, 0.6) is 0 Å². The first-order valence-electron chi connectivity index (χ1n) is 5.73. The maximum atomic E-state index is 11.3. The molecule has 5 nitrogen and oxygen atoms in total. The van der Waals surface area contributed by atoms with E-state index in [0.717, 1.165) is 0 Å². The zero-order valence-corrected chi connectivity index (χ0v) is 11.7. The summed E-state index contributed by atoms with van der Waals surface area (Å²) in [4.78, 5) is 22.6. The molecule has 0 bridgehead atoms. The Labute approximate surface area is 116 Å². The van der Waals surface area contributed by atoms with Crippen LogP contribution in [0.1, 0.15) is 31.1 Å². The van der Waals surface area contributed by atoms with Gasteiger partial charge in [-0.25, -0.2) is 4.79 Å². The first kappa shape index (κ1) is 15.2. The van der Waals surface area contributed by atoms with Gasteiger partial charge >= 0.3 is 5.97 Å². The maximum absolute atomic E-state index is 11.3. The predicted octanol–water partition coefficient (Wildman–Crippen LogP) is 2.89. The van der Waals surface area contributed by atoms with Crippen LogP contribution < -0.4 is 5.43 Å². The molecule has 6 heteroatoms. The number of anilines is 1. The fourth-order valence-electron chi connectivity index (χ4n) is 1.26. The third-order valence-corrected chi connectivity index (χ3v) is 2.62. The molecule has 1 aromatic rings. The summed E-state index contributed by atoms with van der Waals surface area (Å²) in [5.74, 6) is -0.584. The lowest BCUT2D eigenvalue weighted by Gasteiger charge is -2.06. The Morgan fingerprint density at radius 2 is 2.05 bits per heavy atom. The number of Topliss-reactive ketones (excluding diaryl/α,β-unsaturated/α-hetero) is 1. The second kappa shape index (κ2) is 6.89. The van der Waals surface area contributed by atoms with Crippen LogP contribution in [0.25, 0.3) is 0 Å². The number of nitrogens with zero attached hydrogens (tertiary/aromatic N) is 1. The van der Waals surface area contributed by atoms with Gasteiger partial charge in [0.2, 0.25) is 0 Å². The Hall–Kier alpha value is -1.88. The quantitative estimate of drug-likeness (QED) is 0.390. The molecule has 1 N–H and O–H groups in total. The van der Waals surface area contributed by atoms with Crippen molar-refractivity contribution in [2.24, 2.45) is 5.10 Å². The zero-order chi connectivity index (χ0) is 14.4. The molecule has 19 heavy (non-hydrogen) atoms. The van der Waals surface area contributed by atoms with Crippen molar-refractivity contribution in [3.8, 4) is 0 Å². The van der Waals surface area contributed by atoms with E-state index in [1.807, 2.05) is 0 Å². The topological polar surface area (TPSA) is 67.8 Å². The molecule has 0 aliphatic carbocycles. The summed E-state index contributed by atoms with van der Waals surface area (Å²) in [7, 11) is 0. The van der Waals surface area contributed by atoms with E-state index < -0.39 is 5.97 Å². The molecule has 0 saturated carbocycles. The van der Waals surface area contributed by atoms with Crippen molar-refractivity contribution < 1.29 is 14.3 Å². The summed E-state index contributed by atoms with van der Waals surface area (Å²) >= 11 is 5.97. The Balaban J connectivity index is 2.87. The van der Waals surface area contributed by atoms with Crippen LogP contribution in [-0.4, -0.2) is 24.1 Å². The predicted molar refractivity (Wildman–Crippen MR) is 74.8 cm³/mol. The van der Waals surface area contributed by atoms with E-state index in [1.165, 1.54) is 13.8 Å². The Bertz CT molecular complexity index is 527. The number of hydrazone groups is 1. The van der Waals surface area contributed by atoms with Crippen molar-refractivity contribution in [3.63, 3.8) is 0 Å². The number of ketones is 1. The number of benzene rings is 1. The van der Waals surface area contributed by atoms with Gasteiger partial charge < -0.3 is 4.74 Å². The molecule has 0 heterocycles. The van der Waals surface area contributed by atoms with E-state index in [9.17, 15) is 9.59 Å². The lowest BCUT2D eigenvalue weighted by atomic mass is 10.1. The molecule has 102 valence electrons. The molecule has 0 atom stereocenters. The molecule has 0 saturated heterocycles. The highest BCUT2D eigenvalue weighted by Gasteiger charge is 2.08. The van der Waals surface area contributed by atoms with Crippen LogP contribution >= 0.6 is 11.6 Å². The average Bonchev–Trinajstić information content (AvgIpc) is 2.37. The van der Waals surface area contributed by atoms with Gasteiger partial charge in [-0.3, -0.25) is 10.2 Å². The van der Waals surface area contributed by atoms with Gasteiger partial charge in [-0.05, 0) is 39.0 Å². The molecule has 0 aliphatic heterocycles. The van der Waals surface area contributed by atoms with Crippen molar-refractivity contribution in [2.45, 2.75) is 20.8 Å². The Morgan fingerprint density at radius 3 is 2.63 bits per heavy atom. The van der Waals surface area contributed by atoms with Gasteiger partial charge in [0.25, 0.3) is 0 Å². The number of hydrogen-bond donors (Lipinski definition) is 1. The summed E-state index contributed by atoms with van der Waals surface area (Å²) in [5.41, 5.74) is 3.79. The average molecular weight is 283 g/mol. The fraction of sp³-hybridized carbons (Fsp3) is 0.308. The minimum absolute atomic E-state index is 0.0780. The smallest absolute Gasteiger partial charge is 0.354 e. The van der Waals surface area contributed by atoms with Gasteiger partial charge in [0.15, 0.2) is 5.78 Å². The largest absolute Gasteiger partial charge is 0.461 e. The zero-order valence-electron chi connectivity index (χ0n) is 11.0. The van der Waals surface area contributed by atoms with Crippen molar-refractivity contribution in [1.82, 2.24) is 0 Å². The second-order valence-corrected chi connectivity index (χ2v) is 4.19. The van der Waals surface area contributed by atoms with Crippen LogP contribution in [0.15, 0.2) is 23.3 Å². The number of halogens is 1. The Morgan fingerprint density at radius 1 is 1.37 bits per heavy atom. The van der Waals surface area contributed by atoms with Crippen LogP contribution in [-0.2, 0) is 9.53 Å². The number of ether oxygens (including phenoxy) is 1. The summed E-state index contributed by atoms with van der Waals surface area (Å²) in [5, 5.41) is 4.28. The normalized spacial score (nSPS) is 11.1. The van der Waals surface area contributed by atoms with Crippen LogP contribution in [0.3, 0.4) is 0 Å². The van der Waals surface area contributed by atoms with Gasteiger partial charge in [0.05, 0.1) is 17.3 Å². The standard InChI is InChI=1S/C13H15ClN2O3/c1-4-19-13(18)8(2)15-16-12-7-10(9(3)17)5-6-11(12)14/h5-7,16H,4H2,1-3H3/b15-8+. The molecule has 0 radical (unpaired) electrons. The van der Waals surface area contributed by atoms with Crippen molar-refractivity contribution in [3.05, 3.63) is 28.8 Å². The first-order valence-corrected chi connectivity index (χ1v) is 6.11. The summed E-state index contributed by atoms with van der Waals surface area (Å²) in [6, 6.07) is 4.79. The van der Waals surface area contributed by atoms with E-state index in [-0.39, 0.29) is 18.1 Å². The minimum Gasteiger partial charge on any atom is -0.461 e. The van der Waals surface area contributed by atoms with Crippen molar-refractivity contribution in [2.75, 3.05) is 12.0 Å². The molecule has 1 rings (SSSR count). The molecule has 0 unspecified atom stereocenters. The van der Waals surface area contributed by atoms with Gasteiger partial charge in [-0.15, -0.1) is 0 Å². The monoisotopic (exact) mass is 282 g/mol. The molecule has 0 fully saturated rings. The summed E-state index contributed by atoms with van der Waals surface area (Å²) < 4.78 is 4.79. The van der Waals surface area contributed by atoms with E-state index in [4.69, 9.17) is 16.3 Å². The molecule has 0 amide bonds. The summed E-state index contributed by atoms with van der Waals surface area (Å²) in [6.45, 7) is 4.98. The fourth-order valence-corrected chi connectivity index (χ4v) is 1.42. The van der Waals surface area contributed by atoms with Gasteiger partial charge in [-0.2, -0.15) is 5.10 Å². The van der Waals surface area contributed by atoms with Crippen molar-refractivity contribution in [1.29, 1.82) is 0 Å². The molecular weight excluding hydrogens is 268 g/mol. The number of hydrogen-bond acceptors (Lipinski definition) is 5. The first-order chi connectivity index (χ1) is 8.95.